The van der Waals surface area contributed by atoms with Crippen molar-refractivity contribution < 1.29 is 13.2 Å². The summed E-state index contributed by atoms with van der Waals surface area (Å²) in [4.78, 5) is 0. The molecule has 0 radical (unpaired) electrons. The number of aryl methyl sites for hydroxylation is 1. The van der Waals surface area contributed by atoms with Crippen molar-refractivity contribution in [2.24, 2.45) is 0 Å². The zero-order chi connectivity index (χ0) is 13.9. The van der Waals surface area contributed by atoms with E-state index in [1.165, 1.54) is 4.31 Å². The highest BCUT2D eigenvalue weighted by Gasteiger charge is 2.32. The molecule has 0 saturated carbocycles. The summed E-state index contributed by atoms with van der Waals surface area (Å²) in [6, 6.07) is 8.64. The first kappa shape index (κ1) is 14.0. The van der Waals surface area contributed by atoms with Crippen molar-refractivity contribution in [2.45, 2.75) is 18.7 Å². The van der Waals surface area contributed by atoms with Gasteiger partial charge in [-0.1, -0.05) is 29.8 Å². The fraction of sp³-hybridized carbons (Fsp3) is 0.462. The molecule has 1 atom stereocenters. The molecule has 0 unspecified atom stereocenters. The van der Waals surface area contributed by atoms with Gasteiger partial charge in [-0.15, -0.1) is 0 Å². The van der Waals surface area contributed by atoms with E-state index in [-0.39, 0.29) is 18.9 Å². The van der Waals surface area contributed by atoms with Crippen molar-refractivity contribution >= 4 is 10.0 Å². The summed E-state index contributed by atoms with van der Waals surface area (Å²) in [5.41, 5.74) is 1.76. The van der Waals surface area contributed by atoms with Crippen molar-refractivity contribution in [2.75, 3.05) is 19.8 Å². The Bertz CT molecular complexity index is 592. The van der Waals surface area contributed by atoms with Gasteiger partial charge in [-0.2, -0.15) is 9.57 Å². The van der Waals surface area contributed by atoms with Crippen LogP contribution in [0.25, 0.3) is 0 Å². The molecule has 0 spiro atoms. The third kappa shape index (κ3) is 3.32. The first-order chi connectivity index (χ1) is 9.03. The van der Waals surface area contributed by atoms with Gasteiger partial charge in [-0.25, -0.2) is 8.42 Å². The van der Waals surface area contributed by atoms with Gasteiger partial charge in [0, 0.05) is 6.54 Å². The molecule has 0 N–H and O–H groups in total. The number of morpholine rings is 1. The van der Waals surface area contributed by atoms with Gasteiger partial charge < -0.3 is 4.74 Å². The average Bonchev–Trinajstić information content (AvgIpc) is 2.38. The van der Waals surface area contributed by atoms with Crippen LogP contribution in [0.1, 0.15) is 11.1 Å². The van der Waals surface area contributed by atoms with Gasteiger partial charge >= 0.3 is 0 Å². The molecule has 1 aromatic carbocycles. The molecule has 1 aliphatic heterocycles. The number of nitrogens with zero attached hydrogens (tertiary/aromatic N) is 2. The molecule has 5 nitrogen and oxygen atoms in total. The van der Waals surface area contributed by atoms with E-state index in [2.05, 4.69) is 0 Å². The van der Waals surface area contributed by atoms with Gasteiger partial charge in [0.2, 0.25) is 10.0 Å². The van der Waals surface area contributed by atoms with Crippen molar-refractivity contribution in [3.8, 4) is 6.07 Å². The molecule has 0 aromatic heterocycles. The second-order valence-corrected chi connectivity index (χ2v) is 6.50. The fourth-order valence-corrected chi connectivity index (χ4v) is 3.73. The summed E-state index contributed by atoms with van der Waals surface area (Å²) >= 11 is 0. The van der Waals surface area contributed by atoms with Gasteiger partial charge in [0.15, 0.2) is 0 Å². The zero-order valence-electron chi connectivity index (χ0n) is 10.7. The third-order valence-electron chi connectivity index (χ3n) is 3.02. The minimum Gasteiger partial charge on any atom is -0.377 e. The van der Waals surface area contributed by atoms with Crippen molar-refractivity contribution in [1.82, 2.24) is 4.31 Å². The standard InChI is InChI=1S/C13H16N2O3S/c1-11-3-2-4-12(7-11)10-19(16,17)15-5-6-18-9-13(15)8-14/h2-4,7,13H,5-6,9-10H2,1H3/t13-/m1/s1. The predicted octanol–water partition coefficient (Wildman–Crippen LogP) is 1.05. The number of rotatable bonds is 3. The summed E-state index contributed by atoms with van der Waals surface area (Å²) in [6.45, 7) is 2.64. The van der Waals surface area contributed by atoms with Crippen LogP contribution >= 0.6 is 0 Å². The van der Waals surface area contributed by atoms with E-state index in [0.717, 1.165) is 11.1 Å². The minimum atomic E-state index is -3.48. The number of nitriles is 1. The molecule has 0 amide bonds. The Morgan fingerprint density at radius 2 is 2.32 bits per heavy atom. The van der Waals surface area contributed by atoms with Crippen LogP contribution in [0, 0.1) is 18.3 Å². The molecular formula is C13H16N2O3S. The van der Waals surface area contributed by atoms with Crippen LogP contribution in [0.2, 0.25) is 0 Å². The molecule has 1 fully saturated rings. The Balaban J connectivity index is 2.20. The lowest BCUT2D eigenvalue weighted by atomic mass is 10.2. The van der Waals surface area contributed by atoms with Gasteiger partial charge in [0.1, 0.15) is 6.04 Å². The van der Waals surface area contributed by atoms with E-state index >= 15 is 0 Å². The molecule has 2 rings (SSSR count). The second-order valence-electron chi connectivity index (χ2n) is 4.58. The fourth-order valence-electron chi connectivity index (χ4n) is 2.12. The van der Waals surface area contributed by atoms with E-state index in [0.29, 0.717) is 6.61 Å². The van der Waals surface area contributed by atoms with E-state index in [1.54, 1.807) is 6.07 Å². The molecule has 1 saturated heterocycles. The third-order valence-corrected chi connectivity index (χ3v) is 4.87. The molecule has 1 aromatic rings. The summed E-state index contributed by atoms with van der Waals surface area (Å²) in [6.07, 6.45) is 0. The largest absolute Gasteiger partial charge is 0.377 e. The van der Waals surface area contributed by atoms with E-state index in [1.807, 2.05) is 31.2 Å². The van der Waals surface area contributed by atoms with Crippen LogP contribution in [0.3, 0.4) is 0 Å². The molecule has 0 bridgehead atoms. The SMILES string of the molecule is Cc1cccc(CS(=O)(=O)N2CCOC[C@H]2C#N)c1. The summed E-state index contributed by atoms with van der Waals surface area (Å²) in [7, 11) is -3.48. The summed E-state index contributed by atoms with van der Waals surface area (Å²) in [5.74, 6) is -0.0765. The van der Waals surface area contributed by atoms with Crippen molar-refractivity contribution in [3.63, 3.8) is 0 Å². The van der Waals surface area contributed by atoms with Crippen LogP contribution in [-0.2, 0) is 20.5 Å². The Kier molecular flexibility index (Phi) is 4.20. The number of benzene rings is 1. The molecule has 19 heavy (non-hydrogen) atoms. The molecular weight excluding hydrogens is 264 g/mol. The first-order valence-corrected chi connectivity index (χ1v) is 7.66. The van der Waals surface area contributed by atoms with Crippen LogP contribution in [0.4, 0.5) is 0 Å². The molecule has 1 aliphatic rings. The first-order valence-electron chi connectivity index (χ1n) is 6.05. The maximum atomic E-state index is 12.4. The Morgan fingerprint density at radius 1 is 1.53 bits per heavy atom. The summed E-state index contributed by atoms with van der Waals surface area (Å²) < 4.78 is 31.1. The Labute approximate surface area is 113 Å². The van der Waals surface area contributed by atoms with Crippen LogP contribution < -0.4 is 0 Å². The number of hydrogen-bond donors (Lipinski definition) is 0. The Morgan fingerprint density at radius 3 is 3.00 bits per heavy atom. The molecule has 6 heteroatoms. The maximum absolute atomic E-state index is 12.4. The van der Waals surface area contributed by atoms with Gasteiger partial charge in [-0.3, -0.25) is 0 Å². The second kappa shape index (κ2) is 5.70. The van der Waals surface area contributed by atoms with Crippen LogP contribution in [0.15, 0.2) is 24.3 Å². The minimum absolute atomic E-state index is 0.0765. The Hall–Kier alpha value is -1.42. The summed E-state index contributed by atoms with van der Waals surface area (Å²) in [5, 5.41) is 9.00. The highest BCUT2D eigenvalue weighted by molar-refractivity contribution is 7.88. The topological polar surface area (TPSA) is 70.4 Å². The lowest BCUT2D eigenvalue weighted by molar-refractivity contribution is 0.0511. The average molecular weight is 280 g/mol. The molecule has 0 aliphatic carbocycles. The van der Waals surface area contributed by atoms with Crippen molar-refractivity contribution in [1.29, 1.82) is 5.26 Å². The van der Waals surface area contributed by atoms with Crippen molar-refractivity contribution in [3.05, 3.63) is 35.4 Å². The lowest BCUT2D eigenvalue weighted by Gasteiger charge is -2.30. The molecule has 102 valence electrons. The number of ether oxygens (including phenoxy) is 1. The van der Waals surface area contributed by atoms with Gasteiger partial charge in [-0.05, 0) is 12.5 Å². The quantitative estimate of drug-likeness (QED) is 0.829. The smallest absolute Gasteiger partial charge is 0.219 e. The van der Waals surface area contributed by atoms with E-state index < -0.39 is 16.1 Å². The van der Waals surface area contributed by atoms with Gasteiger partial charge in [0.25, 0.3) is 0 Å². The van der Waals surface area contributed by atoms with E-state index in [9.17, 15) is 8.42 Å². The highest BCUT2D eigenvalue weighted by atomic mass is 32.2. The monoisotopic (exact) mass is 280 g/mol. The van der Waals surface area contributed by atoms with Gasteiger partial charge in [0.05, 0.1) is 25.0 Å². The normalized spacial score (nSPS) is 20.9. The molecule has 1 heterocycles. The van der Waals surface area contributed by atoms with Crippen LogP contribution in [-0.4, -0.2) is 38.5 Å². The number of sulfonamides is 1. The lowest BCUT2D eigenvalue weighted by Crippen LogP contribution is -2.48. The highest BCUT2D eigenvalue weighted by Crippen LogP contribution is 2.17. The predicted molar refractivity (Wildman–Crippen MR) is 70.7 cm³/mol. The maximum Gasteiger partial charge on any atom is 0.219 e. The van der Waals surface area contributed by atoms with E-state index in [4.69, 9.17) is 10.00 Å². The van der Waals surface area contributed by atoms with Crippen LogP contribution in [0.5, 0.6) is 0 Å². The number of hydrogen-bond acceptors (Lipinski definition) is 4. The zero-order valence-corrected chi connectivity index (χ0v) is 11.6.